The molecule has 1 saturated carbocycles. The Hall–Kier alpha value is -3.07. The molecule has 0 aliphatic heterocycles. The molecule has 0 aromatic heterocycles. The van der Waals surface area contributed by atoms with E-state index in [4.69, 9.17) is 4.74 Å². The van der Waals surface area contributed by atoms with Gasteiger partial charge >= 0.3 is 0 Å². The molecule has 39 heavy (non-hydrogen) atoms. The molecule has 0 spiro atoms. The molecule has 3 rings (SSSR count). The minimum atomic E-state index is -3.56. The van der Waals surface area contributed by atoms with Crippen molar-refractivity contribution >= 4 is 27.5 Å². The lowest BCUT2D eigenvalue weighted by molar-refractivity contribution is -0.141. The van der Waals surface area contributed by atoms with E-state index >= 15 is 0 Å². The smallest absolute Gasteiger partial charge is 0.242 e. The quantitative estimate of drug-likeness (QED) is 0.382. The maximum absolute atomic E-state index is 13.5. The van der Waals surface area contributed by atoms with E-state index in [1.807, 2.05) is 38.1 Å². The number of aryl methyl sites for hydroxylation is 1. The number of sulfonamides is 1. The number of hydrogen-bond acceptors (Lipinski definition) is 5. The van der Waals surface area contributed by atoms with Crippen molar-refractivity contribution in [2.24, 2.45) is 0 Å². The highest BCUT2D eigenvalue weighted by atomic mass is 32.2. The van der Waals surface area contributed by atoms with E-state index < -0.39 is 16.1 Å². The fourth-order valence-electron chi connectivity index (χ4n) is 4.92. The molecule has 9 heteroatoms. The zero-order valence-electron chi connectivity index (χ0n) is 23.7. The van der Waals surface area contributed by atoms with Gasteiger partial charge in [-0.3, -0.25) is 13.9 Å². The summed E-state index contributed by atoms with van der Waals surface area (Å²) < 4.78 is 31.9. The first kappa shape index (κ1) is 30.5. The number of carbonyl (C=O) groups excluding carboxylic acids is 2. The average Bonchev–Trinajstić information content (AvgIpc) is 2.91. The van der Waals surface area contributed by atoms with Gasteiger partial charge in [-0.1, -0.05) is 49.1 Å². The van der Waals surface area contributed by atoms with Crippen molar-refractivity contribution in [3.63, 3.8) is 0 Å². The molecule has 2 amide bonds. The van der Waals surface area contributed by atoms with E-state index in [9.17, 15) is 18.0 Å². The molecule has 1 aliphatic rings. The van der Waals surface area contributed by atoms with Crippen LogP contribution in [0.3, 0.4) is 0 Å². The van der Waals surface area contributed by atoms with Gasteiger partial charge in [0.2, 0.25) is 21.8 Å². The molecule has 1 fully saturated rings. The highest BCUT2D eigenvalue weighted by Gasteiger charge is 2.28. The molecular formula is C30H43N3O5S. The van der Waals surface area contributed by atoms with E-state index in [-0.39, 0.29) is 30.8 Å². The maximum atomic E-state index is 13.5. The van der Waals surface area contributed by atoms with Crippen LogP contribution in [-0.4, -0.2) is 56.6 Å². The molecule has 214 valence electrons. The molecule has 2 aromatic carbocycles. The van der Waals surface area contributed by atoms with Gasteiger partial charge in [-0.25, -0.2) is 8.42 Å². The number of nitrogens with zero attached hydrogens (tertiary/aromatic N) is 2. The van der Waals surface area contributed by atoms with Crippen LogP contribution in [0.15, 0.2) is 48.5 Å². The van der Waals surface area contributed by atoms with Crippen molar-refractivity contribution in [3.8, 4) is 5.75 Å². The summed E-state index contributed by atoms with van der Waals surface area (Å²) in [5, 5.41) is 3.15. The Labute approximate surface area is 233 Å². The van der Waals surface area contributed by atoms with Crippen LogP contribution in [0, 0.1) is 6.92 Å². The van der Waals surface area contributed by atoms with Gasteiger partial charge in [0.05, 0.1) is 18.6 Å². The van der Waals surface area contributed by atoms with Gasteiger partial charge in [0, 0.05) is 25.6 Å². The second kappa shape index (κ2) is 14.4. The summed E-state index contributed by atoms with van der Waals surface area (Å²) in [6, 6.07) is 14.3. The van der Waals surface area contributed by atoms with Crippen LogP contribution < -0.4 is 14.4 Å². The van der Waals surface area contributed by atoms with Gasteiger partial charge in [0.15, 0.2) is 0 Å². The van der Waals surface area contributed by atoms with Crippen LogP contribution in [0.25, 0.3) is 0 Å². The number of hydrogen-bond donors (Lipinski definition) is 1. The molecule has 1 unspecified atom stereocenters. The highest BCUT2D eigenvalue weighted by Crippen LogP contribution is 2.23. The number of amides is 2. The molecule has 8 nitrogen and oxygen atoms in total. The minimum Gasteiger partial charge on any atom is -0.494 e. The van der Waals surface area contributed by atoms with Crippen molar-refractivity contribution in [3.05, 3.63) is 59.7 Å². The van der Waals surface area contributed by atoms with E-state index in [1.165, 1.54) is 10.7 Å². The zero-order chi connectivity index (χ0) is 28.4. The molecule has 1 atom stereocenters. The summed E-state index contributed by atoms with van der Waals surface area (Å²) in [7, 11) is -3.56. The van der Waals surface area contributed by atoms with E-state index in [1.54, 1.807) is 36.1 Å². The van der Waals surface area contributed by atoms with E-state index in [0.29, 0.717) is 31.0 Å². The Kier molecular flexibility index (Phi) is 11.2. The Morgan fingerprint density at radius 2 is 1.67 bits per heavy atom. The third-order valence-electron chi connectivity index (χ3n) is 7.18. The first-order valence-electron chi connectivity index (χ1n) is 13.9. The standard InChI is InChI=1S/C30H43N3O5S/c1-5-38-28-19-17-27(18-20-28)33(39(4,36)37)21-9-12-29(34)32(22-25-15-13-23(2)14-16-25)24(3)30(35)31-26-10-7-6-8-11-26/h13-20,24,26H,5-12,21-22H2,1-4H3,(H,31,35). The monoisotopic (exact) mass is 557 g/mol. The van der Waals surface area contributed by atoms with Gasteiger partial charge in [-0.15, -0.1) is 0 Å². The van der Waals surface area contributed by atoms with Crippen molar-refractivity contribution < 1.29 is 22.7 Å². The van der Waals surface area contributed by atoms with Gasteiger partial charge in [0.1, 0.15) is 11.8 Å². The van der Waals surface area contributed by atoms with Crippen molar-refractivity contribution in [2.75, 3.05) is 23.7 Å². The number of nitrogens with one attached hydrogen (secondary N) is 1. The number of ether oxygens (including phenoxy) is 1. The number of benzene rings is 2. The summed E-state index contributed by atoms with van der Waals surface area (Å²) in [5.74, 6) is 0.341. The first-order chi connectivity index (χ1) is 18.6. The number of anilines is 1. The molecule has 0 heterocycles. The predicted octanol–water partition coefficient (Wildman–Crippen LogP) is 4.81. The van der Waals surface area contributed by atoms with Crippen LogP contribution >= 0.6 is 0 Å². The van der Waals surface area contributed by atoms with Gasteiger partial charge in [0.25, 0.3) is 0 Å². The summed E-state index contributed by atoms with van der Waals surface area (Å²) in [5.41, 5.74) is 2.58. The van der Waals surface area contributed by atoms with Crippen LogP contribution in [0.2, 0.25) is 0 Å². The van der Waals surface area contributed by atoms with Gasteiger partial charge in [-0.2, -0.15) is 0 Å². The van der Waals surface area contributed by atoms with Crippen molar-refractivity contribution in [1.29, 1.82) is 0 Å². The largest absolute Gasteiger partial charge is 0.494 e. The second-order valence-corrected chi connectivity index (χ2v) is 12.3. The van der Waals surface area contributed by atoms with E-state index in [0.717, 1.165) is 43.1 Å². The molecule has 0 saturated heterocycles. The molecule has 0 bridgehead atoms. The average molecular weight is 558 g/mol. The molecule has 1 N–H and O–H groups in total. The Bertz CT molecular complexity index is 1180. The predicted molar refractivity (Wildman–Crippen MR) is 155 cm³/mol. The summed E-state index contributed by atoms with van der Waals surface area (Å²) in [6.45, 7) is 6.65. The fraction of sp³-hybridized carbons (Fsp3) is 0.533. The molecular weight excluding hydrogens is 514 g/mol. The minimum absolute atomic E-state index is 0.121. The fourth-order valence-corrected chi connectivity index (χ4v) is 5.89. The zero-order valence-corrected chi connectivity index (χ0v) is 24.5. The van der Waals surface area contributed by atoms with E-state index in [2.05, 4.69) is 5.32 Å². The third kappa shape index (κ3) is 9.27. The Morgan fingerprint density at radius 1 is 1.03 bits per heavy atom. The SMILES string of the molecule is CCOc1ccc(N(CCCC(=O)N(Cc2ccc(C)cc2)C(C)C(=O)NC2CCCCC2)S(C)(=O)=O)cc1. The van der Waals surface area contributed by atoms with Crippen LogP contribution in [0.1, 0.15) is 69.9 Å². The lowest BCUT2D eigenvalue weighted by Crippen LogP contribution is -2.50. The normalized spacial score (nSPS) is 14.9. The lowest BCUT2D eigenvalue weighted by Gasteiger charge is -2.31. The van der Waals surface area contributed by atoms with Crippen LogP contribution in [0.5, 0.6) is 5.75 Å². The Balaban J connectivity index is 1.70. The van der Waals surface area contributed by atoms with Crippen molar-refractivity contribution in [1.82, 2.24) is 10.2 Å². The topological polar surface area (TPSA) is 96.0 Å². The van der Waals surface area contributed by atoms with Crippen LogP contribution in [-0.2, 0) is 26.2 Å². The van der Waals surface area contributed by atoms with Crippen LogP contribution in [0.4, 0.5) is 5.69 Å². The number of carbonyl (C=O) groups is 2. The summed E-state index contributed by atoms with van der Waals surface area (Å²) in [6.07, 6.45) is 6.95. The first-order valence-corrected chi connectivity index (χ1v) is 15.8. The highest BCUT2D eigenvalue weighted by molar-refractivity contribution is 7.92. The summed E-state index contributed by atoms with van der Waals surface area (Å²) >= 11 is 0. The molecule has 2 aromatic rings. The maximum Gasteiger partial charge on any atom is 0.242 e. The summed E-state index contributed by atoms with van der Waals surface area (Å²) in [4.78, 5) is 28.3. The second-order valence-electron chi connectivity index (χ2n) is 10.4. The number of rotatable bonds is 13. The van der Waals surface area contributed by atoms with Gasteiger partial charge in [-0.05, 0) is 69.9 Å². The molecule has 1 aliphatic carbocycles. The molecule has 0 radical (unpaired) electrons. The lowest BCUT2D eigenvalue weighted by atomic mass is 9.95. The van der Waals surface area contributed by atoms with Gasteiger partial charge < -0.3 is 15.0 Å². The van der Waals surface area contributed by atoms with Crippen molar-refractivity contribution in [2.45, 2.75) is 84.3 Å². The third-order valence-corrected chi connectivity index (χ3v) is 8.37. The Morgan fingerprint density at radius 3 is 2.26 bits per heavy atom.